The first-order chi connectivity index (χ1) is 12.1. The van der Waals surface area contributed by atoms with Gasteiger partial charge in [-0.15, -0.1) is 34.0 Å². The second-order valence-electron chi connectivity index (χ2n) is 4.79. The van der Waals surface area contributed by atoms with Gasteiger partial charge in [0.25, 0.3) is 0 Å². The second kappa shape index (κ2) is 8.27. The van der Waals surface area contributed by atoms with Crippen LogP contribution in [0.3, 0.4) is 0 Å². The van der Waals surface area contributed by atoms with Gasteiger partial charge in [0, 0.05) is 19.5 Å². The molecule has 0 aliphatic heterocycles. The summed E-state index contributed by atoms with van der Waals surface area (Å²) in [6.45, 7) is 0. The zero-order chi connectivity index (χ0) is 17.8. The fraction of sp³-hybridized carbons (Fsp3) is 0. The van der Waals surface area contributed by atoms with E-state index in [-0.39, 0.29) is 0 Å². The first kappa shape index (κ1) is 18.3. The Labute approximate surface area is 174 Å². The summed E-state index contributed by atoms with van der Waals surface area (Å²) in [6.07, 6.45) is 3.77. The molecular formula is C18H8Br2N2S3. The summed E-state index contributed by atoms with van der Waals surface area (Å²) in [5, 5.41) is 18.8. The molecule has 3 aromatic heterocycles. The highest BCUT2D eigenvalue weighted by molar-refractivity contribution is 9.11. The first-order valence-electron chi connectivity index (χ1n) is 6.94. The number of thiophene rings is 3. The average molecular weight is 508 g/mol. The maximum absolute atomic E-state index is 9.41. The lowest BCUT2D eigenvalue weighted by Gasteiger charge is -1.93. The molecule has 0 N–H and O–H groups in total. The van der Waals surface area contributed by atoms with E-state index in [0.717, 1.165) is 27.1 Å². The molecule has 0 saturated heterocycles. The predicted octanol–water partition coefficient (Wildman–Crippen LogP) is 7.52. The molecule has 0 unspecified atom stereocenters. The highest BCUT2D eigenvalue weighted by atomic mass is 79.9. The fourth-order valence-corrected chi connectivity index (χ4v) is 5.65. The van der Waals surface area contributed by atoms with Crippen LogP contribution >= 0.6 is 65.9 Å². The van der Waals surface area contributed by atoms with E-state index in [0.29, 0.717) is 11.1 Å². The van der Waals surface area contributed by atoms with Crippen LogP contribution in [-0.2, 0) is 0 Å². The average Bonchev–Trinajstić information content (AvgIpc) is 3.32. The Hall–Kier alpha value is -1.48. The zero-order valence-corrected chi connectivity index (χ0v) is 18.1. The van der Waals surface area contributed by atoms with Gasteiger partial charge >= 0.3 is 0 Å². The summed E-state index contributed by atoms with van der Waals surface area (Å²) >= 11 is 11.5. The summed E-state index contributed by atoms with van der Waals surface area (Å²) in [7, 11) is 0. The quantitative estimate of drug-likeness (QED) is 0.342. The summed E-state index contributed by atoms with van der Waals surface area (Å²) in [5.74, 6) is 0. The molecule has 0 spiro atoms. The molecule has 0 aliphatic rings. The number of rotatable bonds is 4. The van der Waals surface area contributed by atoms with Crippen molar-refractivity contribution < 1.29 is 0 Å². The van der Waals surface area contributed by atoms with Gasteiger partial charge in [0.1, 0.15) is 12.1 Å². The van der Waals surface area contributed by atoms with Crippen molar-refractivity contribution in [1.82, 2.24) is 0 Å². The van der Waals surface area contributed by atoms with Crippen molar-refractivity contribution in [3.8, 4) is 12.1 Å². The van der Waals surface area contributed by atoms with Crippen LogP contribution in [0.4, 0.5) is 0 Å². The van der Waals surface area contributed by atoms with Crippen LogP contribution in [0.2, 0.25) is 0 Å². The van der Waals surface area contributed by atoms with Crippen molar-refractivity contribution >= 4 is 89.2 Å². The van der Waals surface area contributed by atoms with Gasteiger partial charge in [-0.1, -0.05) is 0 Å². The second-order valence-corrected chi connectivity index (χ2v) is 10.9. The van der Waals surface area contributed by atoms with Gasteiger partial charge in [-0.25, -0.2) is 0 Å². The van der Waals surface area contributed by atoms with Gasteiger partial charge in [-0.3, -0.25) is 0 Å². The Kier molecular flexibility index (Phi) is 6.06. The van der Waals surface area contributed by atoms with Crippen LogP contribution in [0.1, 0.15) is 19.5 Å². The number of hydrogen-bond acceptors (Lipinski definition) is 5. The molecule has 3 aromatic rings. The van der Waals surface area contributed by atoms with E-state index >= 15 is 0 Å². The van der Waals surface area contributed by atoms with Gasteiger partial charge in [0.05, 0.1) is 18.7 Å². The van der Waals surface area contributed by atoms with Gasteiger partial charge < -0.3 is 0 Å². The minimum absolute atomic E-state index is 0.635. The maximum Gasteiger partial charge on any atom is 0.101 e. The predicted molar refractivity (Wildman–Crippen MR) is 115 cm³/mol. The third kappa shape index (κ3) is 4.58. The number of nitrogens with zero attached hydrogens (tertiary/aromatic N) is 2. The van der Waals surface area contributed by atoms with Crippen LogP contribution in [0.15, 0.2) is 44.0 Å². The molecule has 0 amide bonds. The van der Waals surface area contributed by atoms with Gasteiger partial charge in [0.15, 0.2) is 0 Å². The Morgan fingerprint density at radius 2 is 1.16 bits per heavy atom. The van der Waals surface area contributed by atoms with E-state index in [2.05, 4.69) is 44.0 Å². The van der Waals surface area contributed by atoms with Crippen molar-refractivity contribution in [2.75, 3.05) is 0 Å². The van der Waals surface area contributed by atoms with Crippen molar-refractivity contribution in [1.29, 1.82) is 10.5 Å². The summed E-state index contributed by atoms with van der Waals surface area (Å²) < 4.78 is 2.00. The van der Waals surface area contributed by atoms with E-state index < -0.39 is 0 Å². The van der Waals surface area contributed by atoms with Crippen LogP contribution in [0.25, 0.3) is 23.3 Å². The van der Waals surface area contributed by atoms with Gasteiger partial charge in [0.2, 0.25) is 0 Å². The van der Waals surface area contributed by atoms with Crippen LogP contribution in [0.5, 0.6) is 0 Å². The lowest BCUT2D eigenvalue weighted by molar-refractivity contribution is 1.54. The first-order valence-corrected chi connectivity index (χ1v) is 11.0. The molecule has 0 aliphatic carbocycles. The lowest BCUT2D eigenvalue weighted by atomic mass is 10.2. The number of nitriles is 2. The third-order valence-corrected chi connectivity index (χ3v) is 7.43. The largest absolute Gasteiger partial charge is 0.192 e. The van der Waals surface area contributed by atoms with Crippen LogP contribution < -0.4 is 0 Å². The summed E-state index contributed by atoms with van der Waals surface area (Å²) in [4.78, 5) is 3.83. The summed E-state index contributed by atoms with van der Waals surface area (Å²) in [5.41, 5.74) is 1.27. The Morgan fingerprint density at radius 1 is 0.720 bits per heavy atom. The molecule has 122 valence electrons. The molecule has 0 fully saturated rings. The molecule has 7 heteroatoms. The molecule has 0 aromatic carbocycles. The van der Waals surface area contributed by atoms with Crippen molar-refractivity contribution in [3.05, 3.63) is 63.5 Å². The normalized spacial score (nSPS) is 12.0. The van der Waals surface area contributed by atoms with Crippen molar-refractivity contribution in [2.45, 2.75) is 0 Å². The molecule has 25 heavy (non-hydrogen) atoms. The monoisotopic (exact) mass is 506 g/mol. The zero-order valence-electron chi connectivity index (χ0n) is 12.5. The highest BCUT2D eigenvalue weighted by Gasteiger charge is 2.08. The SMILES string of the molecule is N#C/C(=C\c1ccc(/C=C(\C#N)c2ccc(Br)s2)s1)c1ccc(Br)s1. The Bertz CT molecular complexity index is 972. The molecular weight excluding hydrogens is 500 g/mol. The minimum atomic E-state index is 0.635. The molecule has 0 saturated carbocycles. The smallest absolute Gasteiger partial charge is 0.101 e. The topological polar surface area (TPSA) is 47.6 Å². The van der Waals surface area contributed by atoms with E-state index in [1.807, 2.05) is 48.6 Å². The Balaban J connectivity index is 1.89. The summed E-state index contributed by atoms with van der Waals surface area (Å²) in [6, 6.07) is 16.2. The van der Waals surface area contributed by atoms with Crippen molar-refractivity contribution in [3.63, 3.8) is 0 Å². The van der Waals surface area contributed by atoms with Gasteiger partial charge in [-0.05, 0) is 80.4 Å². The number of hydrogen-bond donors (Lipinski definition) is 0. The molecule has 0 bridgehead atoms. The Morgan fingerprint density at radius 3 is 1.48 bits per heavy atom. The molecule has 0 radical (unpaired) electrons. The maximum atomic E-state index is 9.41. The molecule has 3 heterocycles. The van der Waals surface area contributed by atoms with Crippen LogP contribution in [-0.4, -0.2) is 0 Å². The van der Waals surface area contributed by atoms with E-state index in [1.54, 1.807) is 11.3 Å². The van der Waals surface area contributed by atoms with E-state index in [4.69, 9.17) is 0 Å². The molecule has 2 nitrogen and oxygen atoms in total. The van der Waals surface area contributed by atoms with Gasteiger partial charge in [-0.2, -0.15) is 10.5 Å². The molecule has 3 rings (SSSR count). The number of halogens is 2. The van der Waals surface area contributed by atoms with E-state index in [9.17, 15) is 10.5 Å². The molecule has 0 atom stereocenters. The fourth-order valence-electron chi connectivity index (χ4n) is 2.04. The lowest BCUT2D eigenvalue weighted by Crippen LogP contribution is -1.73. The van der Waals surface area contributed by atoms with Crippen molar-refractivity contribution in [2.24, 2.45) is 0 Å². The standard InChI is InChI=1S/C18H8Br2N2S3/c19-17-5-3-15(24-17)11(9-21)7-13-1-2-14(23-13)8-12(10-22)16-4-6-18(20)25-16/h1-8H/b11-7+,12-8+. The highest BCUT2D eigenvalue weighted by Crippen LogP contribution is 2.32. The number of allylic oxidation sites excluding steroid dienone is 2. The third-order valence-electron chi connectivity index (χ3n) is 3.14. The van der Waals surface area contributed by atoms with Crippen LogP contribution in [0, 0.1) is 22.7 Å². The van der Waals surface area contributed by atoms with E-state index in [1.165, 1.54) is 22.7 Å². The minimum Gasteiger partial charge on any atom is -0.192 e.